The number of aryl methyl sites for hydroxylation is 1. The minimum absolute atomic E-state index is 0.309. The Morgan fingerprint density at radius 1 is 1.08 bits per heavy atom. The van der Waals surface area contributed by atoms with E-state index in [2.05, 4.69) is 40.9 Å². The minimum atomic E-state index is -0.309. The number of hydrogen-bond acceptors (Lipinski definition) is 6. The Morgan fingerprint density at radius 3 is 2.58 bits per heavy atom. The number of anilines is 2. The molecule has 0 unspecified atom stereocenters. The van der Waals surface area contributed by atoms with Gasteiger partial charge in [-0.15, -0.1) is 0 Å². The molecule has 0 aliphatic carbocycles. The molecule has 24 heavy (non-hydrogen) atoms. The molecule has 0 N–H and O–H groups in total. The highest BCUT2D eigenvalue weighted by molar-refractivity contribution is 9.10. The molecule has 4 rings (SSSR count). The van der Waals surface area contributed by atoms with E-state index in [9.17, 15) is 4.39 Å². The molecular weight excluding hydrogens is 377 g/mol. The highest BCUT2D eigenvalue weighted by Gasteiger charge is 2.23. The second-order valence-corrected chi connectivity index (χ2v) is 6.58. The van der Waals surface area contributed by atoms with E-state index in [-0.39, 0.29) is 5.82 Å². The fraction of sp³-hybridized carbons (Fsp3) is 0.333. The van der Waals surface area contributed by atoms with Crippen molar-refractivity contribution in [2.75, 3.05) is 36.0 Å². The summed E-state index contributed by atoms with van der Waals surface area (Å²) in [5, 5.41) is 4.25. The number of rotatable bonds is 2. The molecule has 1 saturated heterocycles. The van der Waals surface area contributed by atoms with Crippen molar-refractivity contribution in [1.29, 1.82) is 0 Å². The van der Waals surface area contributed by atoms with Crippen molar-refractivity contribution >= 4 is 33.3 Å². The van der Waals surface area contributed by atoms with E-state index in [0.717, 1.165) is 24.6 Å². The Hall–Kier alpha value is -2.29. The lowest BCUT2D eigenvalue weighted by atomic mass is 10.3. The summed E-state index contributed by atoms with van der Waals surface area (Å²) in [6.45, 7) is 4.80. The summed E-state index contributed by atoms with van der Waals surface area (Å²) in [7, 11) is 0. The summed E-state index contributed by atoms with van der Waals surface area (Å²) < 4.78 is 16.5. The van der Waals surface area contributed by atoms with Crippen LogP contribution in [0.1, 0.15) is 5.69 Å². The van der Waals surface area contributed by atoms with E-state index in [1.165, 1.54) is 12.4 Å². The molecule has 1 aliphatic heterocycles. The Morgan fingerprint density at radius 2 is 1.83 bits per heavy atom. The van der Waals surface area contributed by atoms with Gasteiger partial charge < -0.3 is 9.80 Å². The number of hydrogen-bond donors (Lipinski definition) is 0. The number of piperazine rings is 1. The number of nitrogens with zero attached hydrogens (tertiary/aromatic N) is 7. The Labute approximate surface area is 146 Å². The third kappa shape index (κ3) is 2.68. The van der Waals surface area contributed by atoms with Gasteiger partial charge in [0.2, 0.25) is 0 Å². The molecule has 0 spiro atoms. The van der Waals surface area contributed by atoms with Crippen LogP contribution in [0.3, 0.4) is 0 Å². The van der Waals surface area contributed by atoms with Crippen LogP contribution in [0.2, 0.25) is 0 Å². The summed E-state index contributed by atoms with van der Waals surface area (Å²) in [4.78, 5) is 16.9. The van der Waals surface area contributed by atoms with Crippen LogP contribution >= 0.6 is 15.9 Å². The molecule has 0 atom stereocenters. The van der Waals surface area contributed by atoms with Crippen LogP contribution in [-0.2, 0) is 0 Å². The predicted octanol–water partition coefficient (Wildman–Crippen LogP) is 2.06. The topological polar surface area (TPSA) is 62.5 Å². The molecule has 0 aromatic carbocycles. The molecule has 3 aromatic rings. The van der Waals surface area contributed by atoms with Gasteiger partial charge in [0.05, 0.1) is 0 Å². The zero-order valence-corrected chi connectivity index (χ0v) is 14.6. The van der Waals surface area contributed by atoms with Crippen LogP contribution in [0, 0.1) is 12.7 Å². The average Bonchev–Trinajstić information content (AvgIpc) is 3.02. The van der Waals surface area contributed by atoms with Gasteiger partial charge in [-0.2, -0.15) is 14.6 Å². The largest absolute Gasteiger partial charge is 0.353 e. The number of halogens is 2. The van der Waals surface area contributed by atoms with Crippen LogP contribution in [0.5, 0.6) is 0 Å². The molecular formula is C15H15BrFN7. The van der Waals surface area contributed by atoms with Crippen molar-refractivity contribution in [3.05, 3.63) is 40.6 Å². The maximum absolute atomic E-state index is 14.1. The molecule has 0 radical (unpaired) electrons. The molecule has 9 heteroatoms. The maximum atomic E-state index is 14.1. The third-order valence-electron chi connectivity index (χ3n) is 4.05. The number of aromatic nitrogens is 5. The smallest absolute Gasteiger partial charge is 0.254 e. The van der Waals surface area contributed by atoms with Gasteiger partial charge in [0, 0.05) is 48.6 Å². The highest BCUT2D eigenvalue weighted by atomic mass is 79.9. The van der Waals surface area contributed by atoms with Crippen molar-refractivity contribution in [3.8, 4) is 0 Å². The van der Waals surface area contributed by atoms with E-state index in [1.807, 2.05) is 17.9 Å². The summed E-state index contributed by atoms with van der Waals surface area (Å²) >= 11 is 3.24. The molecule has 0 saturated carbocycles. The van der Waals surface area contributed by atoms with Gasteiger partial charge in [0.15, 0.2) is 11.6 Å². The summed E-state index contributed by atoms with van der Waals surface area (Å²) in [5.74, 6) is 1.64. The van der Waals surface area contributed by atoms with Gasteiger partial charge in [-0.1, -0.05) is 0 Å². The molecule has 7 nitrogen and oxygen atoms in total. The summed E-state index contributed by atoms with van der Waals surface area (Å²) in [6, 6.07) is 3.44. The van der Waals surface area contributed by atoms with Gasteiger partial charge in [-0.25, -0.2) is 14.4 Å². The van der Waals surface area contributed by atoms with Crippen molar-refractivity contribution in [1.82, 2.24) is 24.6 Å². The first-order valence-corrected chi connectivity index (χ1v) is 8.39. The molecule has 1 fully saturated rings. The SMILES string of the molecule is Cc1cc(N2CCN(c3ncc(Br)cc3F)CC2)n2ncnc2n1. The first kappa shape index (κ1) is 15.3. The van der Waals surface area contributed by atoms with E-state index in [0.29, 0.717) is 29.2 Å². The van der Waals surface area contributed by atoms with E-state index in [4.69, 9.17) is 0 Å². The molecule has 0 amide bonds. The van der Waals surface area contributed by atoms with E-state index < -0.39 is 0 Å². The fourth-order valence-corrected chi connectivity index (χ4v) is 3.23. The average molecular weight is 392 g/mol. The maximum Gasteiger partial charge on any atom is 0.254 e. The number of pyridine rings is 1. The van der Waals surface area contributed by atoms with Gasteiger partial charge in [-0.3, -0.25) is 0 Å². The zero-order chi connectivity index (χ0) is 16.7. The quantitative estimate of drug-likeness (QED) is 0.666. The predicted molar refractivity (Wildman–Crippen MR) is 91.8 cm³/mol. The van der Waals surface area contributed by atoms with Crippen LogP contribution in [-0.4, -0.2) is 50.7 Å². The van der Waals surface area contributed by atoms with Crippen molar-refractivity contribution in [2.24, 2.45) is 0 Å². The van der Waals surface area contributed by atoms with E-state index >= 15 is 0 Å². The molecule has 3 aromatic heterocycles. The van der Waals surface area contributed by atoms with Crippen LogP contribution < -0.4 is 9.80 Å². The Balaban J connectivity index is 1.56. The first-order valence-electron chi connectivity index (χ1n) is 7.60. The molecule has 1 aliphatic rings. The van der Waals surface area contributed by atoms with Gasteiger partial charge in [-0.05, 0) is 28.9 Å². The summed E-state index contributed by atoms with van der Waals surface area (Å²) in [5.41, 5.74) is 0.897. The Bertz CT molecular complexity index is 889. The van der Waals surface area contributed by atoms with Gasteiger partial charge >= 0.3 is 0 Å². The van der Waals surface area contributed by atoms with E-state index in [1.54, 1.807) is 10.7 Å². The second kappa shape index (κ2) is 5.97. The van der Waals surface area contributed by atoms with Crippen molar-refractivity contribution < 1.29 is 4.39 Å². The van der Waals surface area contributed by atoms with Gasteiger partial charge in [0.25, 0.3) is 5.78 Å². The van der Waals surface area contributed by atoms with Crippen molar-refractivity contribution in [3.63, 3.8) is 0 Å². The lowest BCUT2D eigenvalue weighted by molar-refractivity contribution is 0.584. The minimum Gasteiger partial charge on any atom is -0.353 e. The van der Waals surface area contributed by atoms with Crippen LogP contribution in [0.15, 0.2) is 29.1 Å². The van der Waals surface area contributed by atoms with Crippen LogP contribution in [0.4, 0.5) is 16.0 Å². The lowest BCUT2D eigenvalue weighted by Gasteiger charge is -2.36. The number of fused-ring (bicyclic) bond motifs is 1. The zero-order valence-electron chi connectivity index (χ0n) is 13.0. The fourth-order valence-electron chi connectivity index (χ4n) is 2.92. The Kier molecular flexibility index (Phi) is 3.79. The second-order valence-electron chi connectivity index (χ2n) is 5.66. The van der Waals surface area contributed by atoms with Gasteiger partial charge in [0.1, 0.15) is 12.1 Å². The summed E-state index contributed by atoms with van der Waals surface area (Å²) in [6.07, 6.45) is 3.12. The monoisotopic (exact) mass is 391 g/mol. The lowest BCUT2D eigenvalue weighted by Crippen LogP contribution is -2.47. The molecule has 0 bridgehead atoms. The standard InChI is InChI=1S/C15H15BrFN7/c1-10-6-13(24-15(21-10)19-9-20-24)22-2-4-23(5-3-22)14-12(17)7-11(16)8-18-14/h6-9H,2-5H2,1H3. The molecule has 124 valence electrons. The normalized spacial score (nSPS) is 15.3. The highest BCUT2D eigenvalue weighted by Crippen LogP contribution is 2.23. The van der Waals surface area contributed by atoms with Crippen molar-refractivity contribution in [2.45, 2.75) is 6.92 Å². The molecule has 4 heterocycles. The first-order chi connectivity index (χ1) is 11.6. The third-order valence-corrected chi connectivity index (χ3v) is 4.49. The van der Waals surface area contributed by atoms with Crippen LogP contribution in [0.25, 0.3) is 5.78 Å².